The number of ether oxygens (including phenoxy) is 3. The summed E-state index contributed by atoms with van der Waals surface area (Å²) in [6, 6.07) is 17.3. The minimum atomic E-state index is -3.58. The third-order valence-corrected chi connectivity index (χ3v) is 9.17. The van der Waals surface area contributed by atoms with Crippen molar-refractivity contribution in [2.24, 2.45) is 20.5 Å². The molecule has 4 N–H and O–H groups in total. The van der Waals surface area contributed by atoms with Gasteiger partial charge in [0.1, 0.15) is 17.0 Å². The van der Waals surface area contributed by atoms with Crippen LogP contribution in [0.25, 0.3) is 22.7 Å². The average molecular weight is 889 g/mol. The van der Waals surface area contributed by atoms with Gasteiger partial charge in [0, 0.05) is 24.0 Å². The molecular weight excluding hydrogens is 849 g/mol. The monoisotopic (exact) mass is 888 g/mol. The zero-order chi connectivity index (χ0) is 44.6. The summed E-state index contributed by atoms with van der Waals surface area (Å²) in [6.07, 6.45) is 4.80. The van der Waals surface area contributed by atoms with Crippen molar-refractivity contribution in [3.05, 3.63) is 99.5 Å². The highest BCUT2D eigenvalue weighted by atomic mass is 32.2. The molecule has 0 unspecified atom stereocenters. The maximum absolute atomic E-state index is 12.9. The molecular formula is C37H40N14O9S2. The van der Waals surface area contributed by atoms with E-state index in [-0.39, 0.29) is 59.4 Å². The smallest absolute Gasteiger partial charge is 0.284 e. The fraction of sp³-hybridized carbons (Fsp3) is 0.243. The summed E-state index contributed by atoms with van der Waals surface area (Å²) < 4.78 is 70.5. The topological polar surface area (TPSA) is 296 Å². The van der Waals surface area contributed by atoms with E-state index in [0.29, 0.717) is 29.6 Å². The first kappa shape index (κ1) is 44.0. The number of rotatable bonds is 15. The first-order chi connectivity index (χ1) is 29.6. The van der Waals surface area contributed by atoms with Gasteiger partial charge in [-0.15, -0.1) is 25.6 Å². The number of nitrogens with zero attached hydrogens (tertiary/aromatic N) is 10. The molecule has 0 fully saturated rings. The number of anilines is 2. The SMILES string of the molecule is CCOc1c(N=Nc2cccnc2NS(C)(=O)=O)c(=O)[nH]c2nc(-c3ccccc3)c(C)n12.CCOc1cc2[nH]c(=O)c(N=Nc3cccnc3NS(C)(=O)=O)c(OCC)n2n1. The number of fused-ring (bicyclic) bond motifs is 2. The molecule has 6 heterocycles. The van der Waals surface area contributed by atoms with E-state index in [1.165, 1.54) is 29.0 Å². The van der Waals surface area contributed by atoms with Gasteiger partial charge in [-0.1, -0.05) is 30.3 Å². The van der Waals surface area contributed by atoms with Gasteiger partial charge in [0.25, 0.3) is 17.0 Å². The fourth-order valence-corrected chi connectivity index (χ4v) is 6.66. The first-order valence-electron chi connectivity index (χ1n) is 18.5. The second kappa shape index (κ2) is 18.8. The number of aryl methyl sites for hydroxylation is 1. The number of imidazole rings is 1. The van der Waals surface area contributed by atoms with E-state index in [2.05, 4.69) is 59.9 Å². The molecule has 7 aromatic rings. The summed E-state index contributed by atoms with van der Waals surface area (Å²) in [7, 11) is -7.16. The number of azo groups is 2. The quantitative estimate of drug-likeness (QED) is 0.0916. The Morgan fingerprint density at radius 2 is 1.23 bits per heavy atom. The lowest BCUT2D eigenvalue weighted by Crippen LogP contribution is -2.13. The van der Waals surface area contributed by atoms with Crippen LogP contribution < -0.4 is 34.8 Å². The van der Waals surface area contributed by atoms with Crippen LogP contribution in [-0.2, 0) is 20.0 Å². The Morgan fingerprint density at radius 3 is 1.77 bits per heavy atom. The molecule has 0 spiro atoms. The lowest BCUT2D eigenvalue weighted by Gasteiger charge is -2.10. The standard InChI is InChI=1S/C21H21N7O4S.C16H19N7O5S/c1-4-32-20-17(26-25-15-11-8-12-22-18(15)27-33(3,30)31)19(29)24-21-23-16(13(2)28(20)21)14-9-6-5-7-10-14;1-4-27-12-9-11-18-15(24)13(16(28-5-2)23(11)21-12)20-19-10-7-6-8-17-14(10)22-29(3,25)26/h5-12H,4H2,1-3H3,(H,22,27)(H,23,24,29);6-9H,4-5H2,1-3H3,(H,17,22)(H,18,24). The van der Waals surface area contributed by atoms with E-state index >= 15 is 0 Å². The van der Waals surface area contributed by atoms with Crippen molar-refractivity contribution in [2.75, 3.05) is 41.8 Å². The minimum absolute atomic E-state index is 0.00982. The van der Waals surface area contributed by atoms with Crippen LogP contribution in [0.1, 0.15) is 26.5 Å². The number of aromatic amines is 2. The van der Waals surface area contributed by atoms with Gasteiger partial charge in [-0.2, -0.15) is 4.52 Å². The predicted octanol–water partition coefficient (Wildman–Crippen LogP) is 5.58. The molecule has 0 saturated carbocycles. The minimum Gasteiger partial charge on any atom is -0.477 e. The third kappa shape index (κ3) is 10.4. The number of pyridine rings is 2. The van der Waals surface area contributed by atoms with Crippen molar-refractivity contribution in [3.63, 3.8) is 0 Å². The van der Waals surface area contributed by atoms with Crippen molar-refractivity contribution in [3.8, 4) is 28.9 Å². The molecule has 7 rings (SSSR count). The molecule has 0 aliphatic carbocycles. The molecule has 0 amide bonds. The Morgan fingerprint density at radius 1 is 0.694 bits per heavy atom. The molecule has 0 radical (unpaired) electrons. The summed E-state index contributed by atoms with van der Waals surface area (Å²) in [4.78, 5) is 43.2. The molecule has 324 valence electrons. The summed E-state index contributed by atoms with van der Waals surface area (Å²) >= 11 is 0. The van der Waals surface area contributed by atoms with Gasteiger partial charge in [0.15, 0.2) is 11.6 Å². The van der Waals surface area contributed by atoms with Crippen LogP contribution in [0, 0.1) is 6.92 Å². The van der Waals surface area contributed by atoms with Gasteiger partial charge in [-0.25, -0.2) is 31.8 Å². The van der Waals surface area contributed by atoms with Crippen LogP contribution in [0.2, 0.25) is 0 Å². The summed E-state index contributed by atoms with van der Waals surface area (Å²) in [6.45, 7) is 8.13. The van der Waals surface area contributed by atoms with Gasteiger partial charge in [-0.3, -0.25) is 28.4 Å². The van der Waals surface area contributed by atoms with Crippen LogP contribution in [0.5, 0.6) is 17.6 Å². The summed E-state index contributed by atoms with van der Waals surface area (Å²) in [5, 5.41) is 20.3. The predicted molar refractivity (Wildman–Crippen MR) is 229 cm³/mol. The lowest BCUT2D eigenvalue weighted by molar-refractivity contribution is 0.306. The Kier molecular flexibility index (Phi) is 13.4. The Balaban J connectivity index is 0.000000209. The molecule has 25 heteroatoms. The Labute approximate surface area is 353 Å². The van der Waals surface area contributed by atoms with Gasteiger partial charge in [0.2, 0.25) is 49.0 Å². The number of sulfonamides is 2. The molecule has 0 aliphatic rings. The van der Waals surface area contributed by atoms with E-state index in [1.54, 1.807) is 36.4 Å². The van der Waals surface area contributed by atoms with Crippen molar-refractivity contribution in [1.82, 2.24) is 38.9 Å². The van der Waals surface area contributed by atoms with Crippen LogP contribution >= 0.6 is 0 Å². The van der Waals surface area contributed by atoms with Crippen LogP contribution in [0.3, 0.4) is 0 Å². The highest BCUT2D eigenvalue weighted by Gasteiger charge is 2.21. The van der Waals surface area contributed by atoms with Gasteiger partial charge in [-0.05, 0) is 52.0 Å². The van der Waals surface area contributed by atoms with Crippen molar-refractivity contribution in [1.29, 1.82) is 0 Å². The maximum atomic E-state index is 12.9. The van der Waals surface area contributed by atoms with Gasteiger partial charge >= 0.3 is 0 Å². The molecule has 62 heavy (non-hydrogen) atoms. The van der Waals surface area contributed by atoms with Crippen LogP contribution in [-0.4, -0.2) is 88.1 Å². The van der Waals surface area contributed by atoms with Gasteiger partial charge < -0.3 is 19.2 Å². The van der Waals surface area contributed by atoms with Crippen molar-refractivity contribution in [2.45, 2.75) is 27.7 Å². The van der Waals surface area contributed by atoms with Crippen molar-refractivity contribution < 1.29 is 31.0 Å². The van der Waals surface area contributed by atoms with Crippen LogP contribution in [0.4, 0.5) is 34.4 Å². The third-order valence-electron chi connectivity index (χ3n) is 8.05. The number of hydrogen-bond acceptors (Lipinski definition) is 17. The molecule has 6 aromatic heterocycles. The number of hydrogen-bond donors (Lipinski definition) is 4. The first-order valence-corrected chi connectivity index (χ1v) is 22.3. The van der Waals surface area contributed by atoms with Crippen LogP contribution in [0.15, 0.2) is 103 Å². The van der Waals surface area contributed by atoms with E-state index in [9.17, 15) is 26.4 Å². The molecule has 0 saturated heterocycles. The molecule has 0 aliphatic heterocycles. The van der Waals surface area contributed by atoms with E-state index in [4.69, 9.17) is 14.2 Å². The van der Waals surface area contributed by atoms with Crippen molar-refractivity contribution >= 4 is 65.9 Å². The normalized spacial score (nSPS) is 11.8. The Bertz CT molecular complexity index is 3150. The number of benzene rings is 1. The van der Waals surface area contributed by atoms with E-state index < -0.39 is 31.2 Å². The average Bonchev–Trinajstić information content (AvgIpc) is 3.77. The Hall–Kier alpha value is -7.54. The largest absolute Gasteiger partial charge is 0.477 e. The molecule has 23 nitrogen and oxygen atoms in total. The lowest BCUT2D eigenvalue weighted by atomic mass is 10.1. The highest BCUT2D eigenvalue weighted by Crippen LogP contribution is 2.33. The molecule has 0 bridgehead atoms. The fourth-order valence-electron chi connectivity index (χ4n) is 5.65. The van der Waals surface area contributed by atoms with Gasteiger partial charge in [0.05, 0.1) is 43.7 Å². The number of aromatic nitrogens is 8. The number of H-pyrrole nitrogens is 2. The number of nitrogens with one attached hydrogen (secondary N) is 4. The second-order valence-corrected chi connectivity index (χ2v) is 16.3. The van der Waals surface area contributed by atoms with E-state index in [1.807, 2.05) is 44.2 Å². The molecule has 0 atom stereocenters. The summed E-state index contributed by atoms with van der Waals surface area (Å²) in [5.41, 5.74) is 1.60. The zero-order valence-electron chi connectivity index (χ0n) is 34.0. The zero-order valence-corrected chi connectivity index (χ0v) is 35.6. The summed E-state index contributed by atoms with van der Waals surface area (Å²) in [5.74, 6) is 0.831. The van der Waals surface area contributed by atoms with E-state index in [0.717, 1.165) is 23.8 Å². The highest BCUT2D eigenvalue weighted by molar-refractivity contribution is 7.92. The maximum Gasteiger partial charge on any atom is 0.284 e. The molecule has 1 aromatic carbocycles. The second-order valence-electron chi connectivity index (χ2n) is 12.8.